The summed E-state index contributed by atoms with van der Waals surface area (Å²) in [4.78, 5) is 8.79. The molecule has 1 aromatic heterocycles. The van der Waals surface area contributed by atoms with Crippen molar-refractivity contribution < 1.29 is 9.84 Å². The number of aliphatic imine (C=N–C) groups is 1. The minimum Gasteiger partial charge on any atom is -0.507 e. The summed E-state index contributed by atoms with van der Waals surface area (Å²) in [7, 11) is 1.62. The second-order valence-electron chi connectivity index (χ2n) is 4.26. The van der Waals surface area contributed by atoms with Crippen LogP contribution in [0.2, 0.25) is 0 Å². The largest absolute Gasteiger partial charge is 0.507 e. The Morgan fingerprint density at radius 2 is 2.19 bits per heavy atom. The Morgan fingerprint density at radius 1 is 1.33 bits per heavy atom. The number of para-hydroxylation sites is 1. The SMILES string of the molecule is COc1cccc2sc(/N=C/c3cc(Br)ccc3O)nc12. The van der Waals surface area contributed by atoms with Gasteiger partial charge in [0.15, 0.2) is 0 Å². The zero-order valence-electron chi connectivity index (χ0n) is 11.1. The zero-order valence-corrected chi connectivity index (χ0v) is 13.5. The molecule has 0 aliphatic carbocycles. The van der Waals surface area contributed by atoms with Crippen LogP contribution in [0.1, 0.15) is 5.56 Å². The lowest BCUT2D eigenvalue weighted by molar-refractivity contribution is 0.419. The Labute approximate surface area is 133 Å². The van der Waals surface area contributed by atoms with E-state index in [-0.39, 0.29) is 5.75 Å². The van der Waals surface area contributed by atoms with Crippen LogP contribution in [0.4, 0.5) is 5.13 Å². The Bertz CT molecular complexity index is 830. The molecule has 6 heteroatoms. The van der Waals surface area contributed by atoms with Crippen LogP contribution >= 0.6 is 27.3 Å². The lowest BCUT2D eigenvalue weighted by Crippen LogP contribution is -1.83. The molecular weight excluding hydrogens is 352 g/mol. The highest BCUT2D eigenvalue weighted by Gasteiger charge is 2.07. The Morgan fingerprint density at radius 3 is 3.00 bits per heavy atom. The molecule has 0 unspecified atom stereocenters. The summed E-state index contributed by atoms with van der Waals surface area (Å²) < 4.78 is 7.18. The molecular formula is C15H11BrN2O2S. The van der Waals surface area contributed by atoms with Crippen LogP contribution in [0.5, 0.6) is 11.5 Å². The second kappa shape index (κ2) is 5.83. The highest BCUT2D eigenvalue weighted by molar-refractivity contribution is 9.10. The monoisotopic (exact) mass is 362 g/mol. The fourth-order valence-corrected chi connectivity index (χ4v) is 3.09. The quantitative estimate of drug-likeness (QED) is 0.696. The average Bonchev–Trinajstić information content (AvgIpc) is 2.91. The third-order valence-electron chi connectivity index (χ3n) is 2.89. The molecule has 0 aliphatic heterocycles. The topological polar surface area (TPSA) is 54.7 Å². The van der Waals surface area contributed by atoms with Gasteiger partial charge in [0.05, 0.1) is 11.8 Å². The van der Waals surface area contributed by atoms with Crippen molar-refractivity contribution in [3.8, 4) is 11.5 Å². The molecule has 21 heavy (non-hydrogen) atoms. The van der Waals surface area contributed by atoms with Crippen molar-refractivity contribution in [1.82, 2.24) is 4.98 Å². The second-order valence-corrected chi connectivity index (χ2v) is 6.19. The predicted octanol–water partition coefficient (Wildman–Crippen LogP) is 4.52. The van der Waals surface area contributed by atoms with Gasteiger partial charge < -0.3 is 9.84 Å². The number of aromatic hydroxyl groups is 1. The van der Waals surface area contributed by atoms with E-state index in [9.17, 15) is 5.11 Å². The molecule has 3 aromatic rings. The molecule has 0 fully saturated rings. The van der Waals surface area contributed by atoms with Gasteiger partial charge in [-0.25, -0.2) is 9.98 Å². The summed E-state index contributed by atoms with van der Waals surface area (Å²) in [6.45, 7) is 0. The van der Waals surface area contributed by atoms with Crippen molar-refractivity contribution in [3.05, 3.63) is 46.4 Å². The van der Waals surface area contributed by atoms with Crippen LogP contribution < -0.4 is 4.74 Å². The highest BCUT2D eigenvalue weighted by Crippen LogP contribution is 2.33. The molecule has 0 amide bonds. The minimum atomic E-state index is 0.181. The van der Waals surface area contributed by atoms with Gasteiger partial charge in [-0.1, -0.05) is 33.3 Å². The number of fused-ring (bicyclic) bond motifs is 1. The first-order chi connectivity index (χ1) is 10.2. The molecule has 4 nitrogen and oxygen atoms in total. The van der Waals surface area contributed by atoms with Gasteiger partial charge in [0.1, 0.15) is 17.0 Å². The molecule has 0 aliphatic rings. The zero-order chi connectivity index (χ0) is 14.8. The fraction of sp³-hybridized carbons (Fsp3) is 0.0667. The number of aromatic nitrogens is 1. The summed E-state index contributed by atoms with van der Waals surface area (Å²) >= 11 is 4.84. The van der Waals surface area contributed by atoms with Crippen LogP contribution in [0, 0.1) is 0 Å². The first kappa shape index (κ1) is 14.0. The Kier molecular flexibility index (Phi) is 3.90. The molecule has 0 bridgehead atoms. The number of phenols is 1. The molecule has 3 rings (SSSR count). The third-order valence-corrected chi connectivity index (χ3v) is 4.32. The van der Waals surface area contributed by atoms with E-state index in [0.717, 1.165) is 20.4 Å². The lowest BCUT2D eigenvalue weighted by Gasteiger charge is -1.98. The van der Waals surface area contributed by atoms with Gasteiger partial charge in [-0.3, -0.25) is 0 Å². The van der Waals surface area contributed by atoms with Gasteiger partial charge >= 0.3 is 0 Å². The first-order valence-corrected chi connectivity index (χ1v) is 7.74. The van der Waals surface area contributed by atoms with Gasteiger partial charge in [0, 0.05) is 16.3 Å². The lowest BCUT2D eigenvalue weighted by atomic mass is 10.2. The van der Waals surface area contributed by atoms with E-state index in [0.29, 0.717) is 10.7 Å². The average molecular weight is 363 g/mol. The van der Waals surface area contributed by atoms with Crippen LogP contribution in [0.15, 0.2) is 45.9 Å². The van der Waals surface area contributed by atoms with E-state index in [2.05, 4.69) is 25.9 Å². The summed E-state index contributed by atoms with van der Waals surface area (Å²) in [6.07, 6.45) is 1.60. The van der Waals surface area contributed by atoms with E-state index in [1.165, 1.54) is 11.3 Å². The maximum absolute atomic E-state index is 9.79. The molecule has 106 valence electrons. The van der Waals surface area contributed by atoms with Crippen LogP contribution in [0.3, 0.4) is 0 Å². The number of halogens is 1. The number of phenolic OH excluding ortho intramolecular Hbond substituents is 1. The summed E-state index contributed by atoms with van der Waals surface area (Å²) in [6, 6.07) is 11.0. The number of methoxy groups -OCH3 is 1. The van der Waals surface area contributed by atoms with Crippen LogP contribution in [-0.2, 0) is 0 Å². The Balaban J connectivity index is 1.98. The molecule has 0 spiro atoms. The van der Waals surface area contributed by atoms with Gasteiger partial charge in [0.2, 0.25) is 5.13 Å². The van der Waals surface area contributed by atoms with Crippen molar-refractivity contribution in [2.75, 3.05) is 7.11 Å². The number of benzene rings is 2. The van der Waals surface area contributed by atoms with E-state index in [1.54, 1.807) is 31.5 Å². The molecule has 0 radical (unpaired) electrons. The fourth-order valence-electron chi connectivity index (χ4n) is 1.89. The van der Waals surface area contributed by atoms with Gasteiger partial charge in [-0.05, 0) is 30.3 Å². The van der Waals surface area contributed by atoms with Gasteiger partial charge in [-0.15, -0.1) is 0 Å². The summed E-state index contributed by atoms with van der Waals surface area (Å²) in [5, 5.41) is 10.4. The minimum absolute atomic E-state index is 0.181. The van der Waals surface area contributed by atoms with Crippen molar-refractivity contribution in [1.29, 1.82) is 0 Å². The summed E-state index contributed by atoms with van der Waals surface area (Å²) in [5.74, 6) is 0.913. The molecule has 1 heterocycles. The molecule has 0 saturated heterocycles. The maximum Gasteiger partial charge on any atom is 0.210 e. The van der Waals surface area contributed by atoms with Crippen molar-refractivity contribution >= 4 is 48.8 Å². The first-order valence-electron chi connectivity index (χ1n) is 6.13. The highest BCUT2D eigenvalue weighted by atomic mass is 79.9. The summed E-state index contributed by atoms with van der Waals surface area (Å²) in [5.41, 5.74) is 1.44. The number of ether oxygens (including phenoxy) is 1. The smallest absolute Gasteiger partial charge is 0.210 e. The van der Waals surface area contributed by atoms with E-state index < -0.39 is 0 Å². The number of nitrogens with zero attached hydrogens (tertiary/aromatic N) is 2. The molecule has 1 N–H and O–H groups in total. The normalized spacial score (nSPS) is 11.3. The van der Waals surface area contributed by atoms with E-state index >= 15 is 0 Å². The van der Waals surface area contributed by atoms with E-state index in [1.807, 2.05) is 18.2 Å². The number of hydrogen-bond acceptors (Lipinski definition) is 5. The predicted molar refractivity (Wildman–Crippen MR) is 89.2 cm³/mol. The molecule has 2 aromatic carbocycles. The number of rotatable bonds is 3. The molecule has 0 saturated carbocycles. The van der Waals surface area contributed by atoms with Crippen LogP contribution in [0.25, 0.3) is 10.2 Å². The van der Waals surface area contributed by atoms with Crippen LogP contribution in [-0.4, -0.2) is 23.4 Å². The van der Waals surface area contributed by atoms with Crippen molar-refractivity contribution in [3.63, 3.8) is 0 Å². The third kappa shape index (κ3) is 2.91. The standard InChI is InChI=1S/C15H11BrN2O2S/c1-20-12-3-2-4-13-14(12)18-15(21-13)17-8-9-7-10(16)5-6-11(9)19/h2-8,19H,1H3/b17-8+. The van der Waals surface area contributed by atoms with Crippen molar-refractivity contribution in [2.45, 2.75) is 0 Å². The van der Waals surface area contributed by atoms with Crippen molar-refractivity contribution in [2.24, 2.45) is 4.99 Å². The number of hydrogen-bond donors (Lipinski definition) is 1. The maximum atomic E-state index is 9.79. The van der Waals surface area contributed by atoms with Gasteiger partial charge in [0.25, 0.3) is 0 Å². The Hall–Kier alpha value is -1.92. The van der Waals surface area contributed by atoms with Gasteiger partial charge in [-0.2, -0.15) is 0 Å². The molecule has 0 atom stereocenters. The van der Waals surface area contributed by atoms with E-state index in [4.69, 9.17) is 4.74 Å². The number of thiazole rings is 1.